The number of hydrogen-bond donors (Lipinski definition) is 2. The molecule has 0 bridgehead atoms. The number of amides is 1. The molecular formula is C23H33N3O3S+2. The summed E-state index contributed by atoms with van der Waals surface area (Å²) in [5.41, 5.74) is 3.40. The second kappa shape index (κ2) is 9.47. The molecule has 1 fully saturated rings. The number of carbonyl (C=O) groups is 1. The molecule has 0 aliphatic carbocycles. The zero-order valence-corrected chi connectivity index (χ0v) is 19.1. The van der Waals surface area contributed by atoms with Gasteiger partial charge in [0, 0.05) is 22.4 Å². The molecule has 1 atom stereocenters. The second-order valence-electron chi connectivity index (χ2n) is 8.33. The summed E-state index contributed by atoms with van der Waals surface area (Å²) in [5.74, 6) is 0.850. The molecule has 1 aromatic heterocycles. The molecule has 2 N–H and O–H groups in total. The van der Waals surface area contributed by atoms with Gasteiger partial charge in [-0.1, -0.05) is 0 Å². The maximum Gasteiger partial charge on any atom is 0.263 e. The SMILES string of the molecule is COc1ccc(C(=O)N2C[NH+](CCC[NH+]3CCOCC3)Cc3c2sc(C)c3C)cc1. The maximum atomic E-state index is 13.4. The van der Waals surface area contributed by atoms with Crippen molar-refractivity contribution in [3.05, 3.63) is 45.8 Å². The van der Waals surface area contributed by atoms with E-state index in [9.17, 15) is 4.79 Å². The lowest BCUT2D eigenvalue weighted by Crippen LogP contribution is -3.16. The first-order valence-electron chi connectivity index (χ1n) is 10.9. The van der Waals surface area contributed by atoms with Crippen LogP contribution in [0.2, 0.25) is 0 Å². The lowest BCUT2D eigenvalue weighted by molar-refractivity contribution is -0.930. The monoisotopic (exact) mass is 431 g/mol. The molecule has 0 radical (unpaired) electrons. The molecule has 1 amide bonds. The third-order valence-corrected chi connectivity index (χ3v) is 7.66. The molecule has 162 valence electrons. The summed E-state index contributed by atoms with van der Waals surface area (Å²) < 4.78 is 10.7. The Balaban J connectivity index is 1.48. The molecule has 2 aromatic rings. The molecule has 1 saturated heterocycles. The fraction of sp³-hybridized carbons (Fsp3) is 0.522. The maximum absolute atomic E-state index is 13.4. The highest BCUT2D eigenvalue weighted by atomic mass is 32.1. The second-order valence-corrected chi connectivity index (χ2v) is 9.53. The fourth-order valence-corrected chi connectivity index (χ4v) is 5.58. The van der Waals surface area contributed by atoms with Crippen molar-refractivity contribution < 1.29 is 24.1 Å². The Morgan fingerprint density at radius 3 is 2.53 bits per heavy atom. The molecule has 0 saturated carbocycles. The number of rotatable bonds is 6. The molecule has 4 rings (SSSR count). The van der Waals surface area contributed by atoms with Crippen molar-refractivity contribution in [1.82, 2.24) is 0 Å². The molecule has 6 nitrogen and oxygen atoms in total. The number of hydrogen-bond acceptors (Lipinski definition) is 4. The molecule has 7 heteroatoms. The molecule has 2 aliphatic rings. The van der Waals surface area contributed by atoms with Crippen LogP contribution in [-0.4, -0.2) is 59.1 Å². The van der Waals surface area contributed by atoms with Crippen LogP contribution in [0.1, 0.15) is 32.8 Å². The van der Waals surface area contributed by atoms with Gasteiger partial charge in [0.05, 0.1) is 33.4 Å². The minimum absolute atomic E-state index is 0.0798. The quantitative estimate of drug-likeness (QED) is 0.707. The number of nitrogens with zero attached hydrogens (tertiary/aromatic N) is 1. The van der Waals surface area contributed by atoms with E-state index in [1.807, 2.05) is 29.2 Å². The van der Waals surface area contributed by atoms with E-state index in [-0.39, 0.29) is 5.91 Å². The number of morpholine rings is 1. The molecule has 3 heterocycles. The number of nitrogens with one attached hydrogen (secondary N) is 2. The van der Waals surface area contributed by atoms with Gasteiger partial charge >= 0.3 is 0 Å². The first kappa shape index (κ1) is 21.3. The van der Waals surface area contributed by atoms with Crippen molar-refractivity contribution in [2.24, 2.45) is 0 Å². The topological polar surface area (TPSA) is 47.6 Å². The average Bonchev–Trinajstić information content (AvgIpc) is 3.07. The third kappa shape index (κ3) is 4.54. The lowest BCUT2D eigenvalue weighted by Gasteiger charge is -2.33. The summed E-state index contributed by atoms with van der Waals surface area (Å²) in [6.45, 7) is 12.4. The van der Waals surface area contributed by atoms with Crippen molar-refractivity contribution in [2.75, 3.05) is 58.1 Å². The van der Waals surface area contributed by atoms with Gasteiger partial charge in [0.25, 0.3) is 5.91 Å². The first-order chi connectivity index (χ1) is 14.6. The number of methoxy groups -OCH3 is 1. The van der Waals surface area contributed by atoms with Crippen LogP contribution in [0, 0.1) is 13.8 Å². The summed E-state index contributed by atoms with van der Waals surface area (Å²) in [6.07, 6.45) is 1.17. The highest BCUT2D eigenvalue weighted by Gasteiger charge is 2.33. The van der Waals surface area contributed by atoms with Crippen molar-refractivity contribution in [3.8, 4) is 5.75 Å². The highest BCUT2D eigenvalue weighted by Crippen LogP contribution is 2.36. The van der Waals surface area contributed by atoms with Crippen LogP contribution in [0.15, 0.2) is 24.3 Å². The number of anilines is 1. The van der Waals surface area contributed by atoms with E-state index in [1.165, 1.54) is 33.9 Å². The predicted octanol–water partition coefficient (Wildman–Crippen LogP) is 0.682. The largest absolute Gasteiger partial charge is 0.497 e. The predicted molar refractivity (Wildman–Crippen MR) is 119 cm³/mol. The van der Waals surface area contributed by atoms with Gasteiger partial charge in [-0.25, -0.2) is 0 Å². The van der Waals surface area contributed by atoms with E-state index in [4.69, 9.17) is 9.47 Å². The number of aryl methyl sites for hydroxylation is 1. The van der Waals surface area contributed by atoms with Crippen LogP contribution in [0.5, 0.6) is 5.75 Å². The van der Waals surface area contributed by atoms with Gasteiger partial charge in [-0.3, -0.25) is 9.69 Å². The zero-order valence-electron chi connectivity index (χ0n) is 18.3. The van der Waals surface area contributed by atoms with Gasteiger partial charge in [0.2, 0.25) is 0 Å². The minimum atomic E-state index is 0.0798. The third-order valence-electron chi connectivity index (χ3n) is 6.39. The van der Waals surface area contributed by atoms with Crippen molar-refractivity contribution in [1.29, 1.82) is 0 Å². The normalized spacial score (nSPS) is 19.6. The Kier molecular flexibility index (Phi) is 6.73. The lowest BCUT2D eigenvalue weighted by atomic mass is 10.1. The molecule has 0 spiro atoms. The highest BCUT2D eigenvalue weighted by molar-refractivity contribution is 7.16. The molecule has 1 unspecified atom stereocenters. The Labute approximate surface area is 183 Å². The molecular weight excluding hydrogens is 398 g/mol. The van der Waals surface area contributed by atoms with Crippen molar-refractivity contribution in [3.63, 3.8) is 0 Å². The van der Waals surface area contributed by atoms with E-state index in [2.05, 4.69) is 13.8 Å². The van der Waals surface area contributed by atoms with Crippen LogP contribution < -0.4 is 19.4 Å². The summed E-state index contributed by atoms with van der Waals surface area (Å²) in [5, 5.41) is 1.13. The molecule has 30 heavy (non-hydrogen) atoms. The Morgan fingerprint density at radius 2 is 1.83 bits per heavy atom. The smallest absolute Gasteiger partial charge is 0.263 e. The van der Waals surface area contributed by atoms with Gasteiger partial charge in [-0.15, -0.1) is 11.3 Å². The summed E-state index contributed by atoms with van der Waals surface area (Å²) >= 11 is 1.75. The number of ether oxygens (including phenoxy) is 2. The van der Waals surface area contributed by atoms with Gasteiger partial charge in [-0.05, 0) is 43.7 Å². The van der Waals surface area contributed by atoms with Gasteiger partial charge in [0.1, 0.15) is 30.4 Å². The average molecular weight is 432 g/mol. The summed E-state index contributed by atoms with van der Waals surface area (Å²) in [7, 11) is 1.64. The van der Waals surface area contributed by atoms with E-state index in [0.717, 1.165) is 56.8 Å². The number of carbonyl (C=O) groups excluding carboxylic acids is 1. The van der Waals surface area contributed by atoms with Crippen LogP contribution in [-0.2, 0) is 11.3 Å². The summed E-state index contributed by atoms with van der Waals surface area (Å²) in [6, 6.07) is 7.45. The summed E-state index contributed by atoms with van der Waals surface area (Å²) in [4.78, 5) is 19.8. The van der Waals surface area contributed by atoms with Gasteiger partial charge in [0.15, 0.2) is 6.67 Å². The van der Waals surface area contributed by atoms with Crippen LogP contribution >= 0.6 is 11.3 Å². The Hall–Kier alpha value is -1.93. The minimum Gasteiger partial charge on any atom is -0.497 e. The van der Waals surface area contributed by atoms with Gasteiger partial charge < -0.3 is 19.3 Å². The van der Waals surface area contributed by atoms with Crippen LogP contribution in [0.4, 0.5) is 5.00 Å². The number of fused-ring (bicyclic) bond motifs is 1. The Bertz CT molecular complexity index is 875. The van der Waals surface area contributed by atoms with Crippen LogP contribution in [0.3, 0.4) is 0 Å². The zero-order chi connectivity index (χ0) is 21.1. The number of quaternary nitrogens is 2. The van der Waals surface area contributed by atoms with E-state index < -0.39 is 0 Å². The van der Waals surface area contributed by atoms with Crippen LogP contribution in [0.25, 0.3) is 0 Å². The number of benzene rings is 1. The fourth-order valence-electron chi connectivity index (χ4n) is 4.40. The molecule has 2 aliphatic heterocycles. The van der Waals surface area contributed by atoms with E-state index >= 15 is 0 Å². The van der Waals surface area contributed by atoms with Crippen molar-refractivity contribution in [2.45, 2.75) is 26.8 Å². The van der Waals surface area contributed by atoms with Crippen molar-refractivity contribution >= 4 is 22.2 Å². The Morgan fingerprint density at radius 1 is 1.13 bits per heavy atom. The molecule has 1 aromatic carbocycles. The first-order valence-corrected chi connectivity index (χ1v) is 11.7. The van der Waals surface area contributed by atoms with E-state index in [0.29, 0.717) is 5.56 Å². The standard InChI is InChI=1S/C23H31N3O3S/c1-17-18(2)30-23-21(17)15-25(10-4-9-24-11-13-29-14-12-24)16-26(23)22(27)19-5-7-20(28-3)8-6-19/h5-8H,4,9-16H2,1-3H3/p+2. The number of thiophene rings is 1. The van der Waals surface area contributed by atoms with Gasteiger partial charge in [-0.2, -0.15) is 0 Å². The van der Waals surface area contributed by atoms with E-state index in [1.54, 1.807) is 23.3 Å².